The van der Waals surface area contributed by atoms with Crippen LogP contribution < -0.4 is 5.32 Å². The summed E-state index contributed by atoms with van der Waals surface area (Å²) in [5, 5.41) is 13.2. The number of aromatic hydroxyl groups is 1. The Morgan fingerprint density at radius 1 is 1.56 bits per heavy atom. The van der Waals surface area contributed by atoms with Crippen molar-refractivity contribution in [3.8, 4) is 5.75 Å². The normalized spacial score (nSPS) is 22.2. The highest BCUT2D eigenvalue weighted by Crippen LogP contribution is 2.23. The summed E-state index contributed by atoms with van der Waals surface area (Å²) in [5.74, 6) is 0.384. The van der Waals surface area contributed by atoms with Gasteiger partial charge in [-0.25, -0.2) is 0 Å². The van der Waals surface area contributed by atoms with E-state index < -0.39 is 0 Å². The fourth-order valence-corrected chi connectivity index (χ4v) is 2.49. The van der Waals surface area contributed by atoms with E-state index in [4.69, 9.17) is 0 Å². The second kappa shape index (κ2) is 5.17. The summed E-state index contributed by atoms with van der Waals surface area (Å²) in [6.07, 6.45) is 0. The minimum Gasteiger partial charge on any atom is -0.508 e. The lowest BCUT2D eigenvalue weighted by atomic mass is 10.1. The van der Waals surface area contributed by atoms with Crippen molar-refractivity contribution in [3.05, 3.63) is 28.2 Å². The lowest BCUT2D eigenvalue weighted by Crippen LogP contribution is -2.48. The maximum absolute atomic E-state index is 9.77. The molecule has 0 bridgehead atoms. The number of halogens is 1. The molecule has 88 valence electrons. The first kappa shape index (κ1) is 11.9. The number of nitrogens with one attached hydrogen (secondary N) is 1. The van der Waals surface area contributed by atoms with Gasteiger partial charge in [0.1, 0.15) is 5.75 Å². The minimum atomic E-state index is 0.384. The molecule has 3 nitrogen and oxygen atoms in total. The van der Waals surface area contributed by atoms with Crippen molar-refractivity contribution in [3.63, 3.8) is 0 Å². The van der Waals surface area contributed by atoms with Crippen LogP contribution in [0.5, 0.6) is 5.75 Å². The molecule has 2 N–H and O–H groups in total. The Morgan fingerprint density at radius 2 is 2.38 bits per heavy atom. The van der Waals surface area contributed by atoms with Gasteiger partial charge in [-0.1, -0.05) is 15.9 Å². The van der Waals surface area contributed by atoms with Crippen molar-refractivity contribution in [1.29, 1.82) is 0 Å². The largest absolute Gasteiger partial charge is 0.508 e. The van der Waals surface area contributed by atoms with Gasteiger partial charge in [-0.3, -0.25) is 4.90 Å². The lowest BCUT2D eigenvalue weighted by Gasteiger charge is -2.31. The molecule has 0 spiro atoms. The first-order valence-electron chi connectivity index (χ1n) is 5.58. The highest BCUT2D eigenvalue weighted by molar-refractivity contribution is 9.10. The van der Waals surface area contributed by atoms with Gasteiger partial charge in [-0.15, -0.1) is 0 Å². The third-order valence-corrected chi connectivity index (χ3v) is 3.38. The van der Waals surface area contributed by atoms with Crippen molar-refractivity contribution < 1.29 is 5.11 Å². The highest BCUT2D eigenvalue weighted by atomic mass is 79.9. The number of phenolic OH excluding ortho intramolecular Hbond substituents is 1. The quantitative estimate of drug-likeness (QED) is 0.872. The average molecular weight is 285 g/mol. The molecule has 4 heteroatoms. The van der Waals surface area contributed by atoms with Crippen LogP contribution in [0, 0.1) is 0 Å². The Hall–Kier alpha value is -0.580. The van der Waals surface area contributed by atoms with Crippen molar-refractivity contribution in [2.75, 3.05) is 19.6 Å². The van der Waals surface area contributed by atoms with Crippen LogP contribution in [-0.4, -0.2) is 35.7 Å². The predicted molar refractivity (Wildman–Crippen MR) is 68.5 cm³/mol. The molecular weight excluding hydrogens is 268 g/mol. The summed E-state index contributed by atoms with van der Waals surface area (Å²) in [7, 11) is 0. The molecule has 0 radical (unpaired) electrons. The average Bonchev–Trinajstić information content (AvgIpc) is 2.24. The van der Waals surface area contributed by atoms with E-state index in [9.17, 15) is 5.11 Å². The number of phenols is 1. The maximum atomic E-state index is 9.77. The molecule has 0 amide bonds. The molecule has 1 aromatic rings. The fourth-order valence-electron chi connectivity index (χ4n) is 2.08. The van der Waals surface area contributed by atoms with E-state index in [0.717, 1.165) is 36.2 Å². The van der Waals surface area contributed by atoms with Gasteiger partial charge >= 0.3 is 0 Å². The highest BCUT2D eigenvalue weighted by Gasteiger charge is 2.16. The number of nitrogens with zero attached hydrogens (tertiary/aromatic N) is 1. The maximum Gasteiger partial charge on any atom is 0.120 e. The molecule has 1 aliphatic heterocycles. The van der Waals surface area contributed by atoms with E-state index in [0.29, 0.717) is 11.8 Å². The zero-order valence-corrected chi connectivity index (χ0v) is 11.0. The molecule has 1 unspecified atom stereocenters. The van der Waals surface area contributed by atoms with Crippen molar-refractivity contribution in [2.24, 2.45) is 0 Å². The van der Waals surface area contributed by atoms with Gasteiger partial charge in [0, 0.05) is 42.3 Å². The predicted octanol–water partition coefficient (Wildman–Crippen LogP) is 1.95. The standard InChI is InChI=1S/C12H17BrN2O/c1-9-7-15(5-4-14-9)8-10-6-11(13)2-3-12(10)16/h2-3,6,9,14,16H,4-5,7-8H2,1H3. The molecule has 0 saturated carbocycles. The van der Waals surface area contributed by atoms with Crippen LogP contribution in [0.15, 0.2) is 22.7 Å². The van der Waals surface area contributed by atoms with E-state index in [1.54, 1.807) is 6.07 Å². The Labute approximate surface area is 105 Å². The molecule has 0 aliphatic carbocycles. The summed E-state index contributed by atoms with van der Waals surface area (Å²) in [5.41, 5.74) is 0.989. The molecule has 16 heavy (non-hydrogen) atoms. The number of piperazine rings is 1. The van der Waals surface area contributed by atoms with E-state index in [-0.39, 0.29) is 0 Å². The number of hydrogen-bond acceptors (Lipinski definition) is 3. The molecule has 1 saturated heterocycles. The van der Waals surface area contributed by atoms with Gasteiger partial charge in [-0.2, -0.15) is 0 Å². The van der Waals surface area contributed by atoms with E-state index in [1.165, 1.54) is 0 Å². The topological polar surface area (TPSA) is 35.5 Å². The Bertz CT molecular complexity index is 370. The van der Waals surface area contributed by atoms with Crippen LogP contribution in [0.1, 0.15) is 12.5 Å². The van der Waals surface area contributed by atoms with Crippen LogP contribution in [0.4, 0.5) is 0 Å². The number of benzene rings is 1. The van der Waals surface area contributed by atoms with Crippen molar-refractivity contribution >= 4 is 15.9 Å². The Kier molecular flexibility index (Phi) is 3.84. The smallest absolute Gasteiger partial charge is 0.120 e. The van der Waals surface area contributed by atoms with Gasteiger partial charge in [0.25, 0.3) is 0 Å². The molecule has 1 fully saturated rings. The van der Waals surface area contributed by atoms with Crippen molar-refractivity contribution in [1.82, 2.24) is 10.2 Å². The summed E-state index contributed by atoms with van der Waals surface area (Å²) in [6.45, 7) is 6.10. The van der Waals surface area contributed by atoms with Crippen LogP contribution in [0.2, 0.25) is 0 Å². The molecular formula is C12H17BrN2O. The fraction of sp³-hybridized carbons (Fsp3) is 0.500. The molecule has 0 aromatic heterocycles. The molecule has 1 aliphatic rings. The summed E-state index contributed by atoms with van der Waals surface area (Å²) in [4.78, 5) is 2.36. The molecule has 1 atom stereocenters. The Morgan fingerprint density at radius 3 is 3.12 bits per heavy atom. The molecule has 1 heterocycles. The van der Waals surface area contributed by atoms with Gasteiger partial charge in [0.15, 0.2) is 0 Å². The minimum absolute atomic E-state index is 0.384. The van der Waals surface area contributed by atoms with Gasteiger partial charge in [0.2, 0.25) is 0 Å². The zero-order chi connectivity index (χ0) is 11.5. The van der Waals surface area contributed by atoms with Crippen LogP contribution in [0.25, 0.3) is 0 Å². The molecule has 1 aromatic carbocycles. The lowest BCUT2D eigenvalue weighted by molar-refractivity contribution is 0.198. The second-order valence-corrected chi connectivity index (χ2v) is 5.28. The third-order valence-electron chi connectivity index (χ3n) is 2.89. The van der Waals surface area contributed by atoms with Gasteiger partial charge in [0.05, 0.1) is 0 Å². The monoisotopic (exact) mass is 284 g/mol. The van der Waals surface area contributed by atoms with Crippen LogP contribution >= 0.6 is 15.9 Å². The van der Waals surface area contributed by atoms with Crippen molar-refractivity contribution in [2.45, 2.75) is 19.5 Å². The van der Waals surface area contributed by atoms with Gasteiger partial charge in [-0.05, 0) is 25.1 Å². The first-order chi connectivity index (χ1) is 7.65. The van der Waals surface area contributed by atoms with Crippen LogP contribution in [0.3, 0.4) is 0 Å². The molecule has 2 rings (SSSR count). The summed E-state index contributed by atoms with van der Waals surface area (Å²) in [6, 6.07) is 6.12. The summed E-state index contributed by atoms with van der Waals surface area (Å²) >= 11 is 3.43. The Balaban J connectivity index is 2.05. The first-order valence-corrected chi connectivity index (χ1v) is 6.37. The van der Waals surface area contributed by atoms with E-state index in [1.807, 2.05) is 12.1 Å². The van der Waals surface area contributed by atoms with E-state index in [2.05, 4.69) is 33.1 Å². The number of rotatable bonds is 2. The third kappa shape index (κ3) is 2.97. The van der Waals surface area contributed by atoms with Crippen LogP contribution in [-0.2, 0) is 6.54 Å². The van der Waals surface area contributed by atoms with E-state index >= 15 is 0 Å². The van der Waals surface area contributed by atoms with Gasteiger partial charge < -0.3 is 10.4 Å². The zero-order valence-electron chi connectivity index (χ0n) is 9.41. The second-order valence-electron chi connectivity index (χ2n) is 4.36. The SMILES string of the molecule is CC1CN(Cc2cc(Br)ccc2O)CCN1. The summed E-state index contributed by atoms with van der Waals surface area (Å²) < 4.78 is 1.02. The number of hydrogen-bond donors (Lipinski definition) is 2.